The van der Waals surface area contributed by atoms with Gasteiger partial charge in [0.05, 0.1) is 10.9 Å². The summed E-state index contributed by atoms with van der Waals surface area (Å²) in [6, 6.07) is 1.79. The van der Waals surface area contributed by atoms with Gasteiger partial charge >= 0.3 is 0 Å². The molecule has 1 aliphatic rings. The average Bonchev–Trinajstić information content (AvgIpc) is 2.95. The number of pyridine rings is 1. The van der Waals surface area contributed by atoms with E-state index in [-0.39, 0.29) is 11.5 Å². The Morgan fingerprint density at radius 2 is 1.80 bits per heavy atom. The smallest absolute Gasteiger partial charge is 0.262 e. The highest BCUT2D eigenvalue weighted by Gasteiger charge is 2.28. The van der Waals surface area contributed by atoms with E-state index in [1.165, 1.54) is 0 Å². The Labute approximate surface area is 148 Å². The Morgan fingerprint density at radius 1 is 1.12 bits per heavy atom. The summed E-state index contributed by atoms with van der Waals surface area (Å²) >= 11 is 0. The minimum absolute atomic E-state index is 0.0845. The Kier molecular flexibility index (Phi) is 5.27. The predicted octanol–water partition coefficient (Wildman–Crippen LogP) is 2.48. The fraction of sp³-hybridized carbons (Fsp3) is 0.579. The first kappa shape index (κ1) is 17.7. The number of aromatic nitrogens is 1. The molecule has 136 valence electrons. The lowest BCUT2D eigenvalue weighted by molar-refractivity contribution is 0.0637. The van der Waals surface area contributed by atoms with E-state index in [1.807, 2.05) is 11.8 Å². The molecule has 2 aromatic heterocycles. The molecule has 0 unspecified atom stereocenters. The van der Waals surface area contributed by atoms with Crippen molar-refractivity contribution in [2.45, 2.75) is 40.2 Å². The molecular weight excluding hydrogens is 318 g/mol. The molecule has 1 fully saturated rings. The first-order valence-electron chi connectivity index (χ1n) is 9.21. The zero-order chi connectivity index (χ0) is 18.0. The Morgan fingerprint density at radius 3 is 2.44 bits per heavy atom. The molecular formula is C19H27N3O3. The van der Waals surface area contributed by atoms with Crippen LogP contribution in [0.4, 0.5) is 0 Å². The lowest BCUT2D eigenvalue weighted by Gasteiger charge is -2.34. The average molecular weight is 345 g/mol. The van der Waals surface area contributed by atoms with Crippen molar-refractivity contribution in [3.63, 3.8) is 0 Å². The summed E-state index contributed by atoms with van der Waals surface area (Å²) < 4.78 is 7.37. The highest BCUT2D eigenvalue weighted by Crippen LogP contribution is 2.24. The highest BCUT2D eigenvalue weighted by atomic mass is 16.3. The van der Waals surface area contributed by atoms with Crippen LogP contribution >= 0.6 is 0 Å². The van der Waals surface area contributed by atoms with Crippen LogP contribution in [-0.4, -0.2) is 53.0 Å². The summed E-state index contributed by atoms with van der Waals surface area (Å²) in [5.74, 6) is 0.445. The number of hydrogen-bond acceptors (Lipinski definition) is 4. The van der Waals surface area contributed by atoms with Gasteiger partial charge in [0, 0.05) is 38.9 Å². The number of aryl methyl sites for hydroxylation is 2. The van der Waals surface area contributed by atoms with E-state index in [9.17, 15) is 9.59 Å². The van der Waals surface area contributed by atoms with Crippen molar-refractivity contribution in [3.8, 4) is 0 Å². The number of piperazine rings is 1. The van der Waals surface area contributed by atoms with E-state index < -0.39 is 0 Å². The molecule has 0 radical (unpaired) electrons. The molecule has 3 heterocycles. The summed E-state index contributed by atoms with van der Waals surface area (Å²) in [7, 11) is 0. The number of carbonyl (C=O) groups is 1. The molecule has 0 aliphatic carbocycles. The minimum Gasteiger partial charge on any atom is -0.460 e. The molecule has 1 amide bonds. The van der Waals surface area contributed by atoms with Gasteiger partial charge in [0.25, 0.3) is 11.5 Å². The van der Waals surface area contributed by atoms with Crippen LogP contribution in [0.5, 0.6) is 0 Å². The lowest BCUT2D eigenvalue weighted by atomic mass is 10.1. The van der Waals surface area contributed by atoms with Gasteiger partial charge in [-0.2, -0.15) is 0 Å². The molecule has 0 N–H and O–H groups in total. The normalized spacial score (nSPS) is 15.9. The number of nitrogens with zero attached hydrogens (tertiary/aromatic N) is 3. The van der Waals surface area contributed by atoms with Crippen molar-refractivity contribution in [1.82, 2.24) is 14.4 Å². The van der Waals surface area contributed by atoms with Gasteiger partial charge in [-0.05, 0) is 32.4 Å². The number of rotatable bonds is 5. The maximum atomic E-state index is 13.1. The summed E-state index contributed by atoms with van der Waals surface area (Å²) in [6.07, 6.45) is 3.73. The van der Waals surface area contributed by atoms with Crippen LogP contribution in [-0.2, 0) is 6.54 Å². The fourth-order valence-corrected chi connectivity index (χ4v) is 3.59. The molecule has 6 heteroatoms. The summed E-state index contributed by atoms with van der Waals surface area (Å²) in [6.45, 7) is 10.8. The van der Waals surface area contributed by atoms with Gasteiger partial charge in [-0.25, -0.2) is 0 Å². The fourth-order valence-electron chi connectivity index (χ4n) is 3.59. The van der Waals surface area contributed by atoms with E-state index in [2.05, 4.69) is 11.8 Å². The number of furan rings is 1. The third-order valence-corrected chi connectivity index (χ3v) is 4.87. The van der Waals surface area contributed by atoms with Crippen LogP contribution in [0.15, 0.2) is 21.5 Å². The zero-order valence-corrected chi connectivity index (χ0v) is 15.4. The molecule has 1 saturated heterocycles. The third-order valence-electron chi connectivity index (χ3n) is 4.87. The number of hydrogen-bond donors (Lipinski definition) is 0. The maximum Gasteiger partial charge on any atom is 0.262 e. The summed E-state index contributed by atoms with van der Waals surface area (Å²) in [5.41, 5.74) is 0.807. The van der Waals surface area contributed by atoms with Crippen LogP contribution in [0.1, 0.15) is 42.8 Å². The van der Waals surface area contributed by atoms with Crippen LogP contribution < -0.4 is 5.56 Å². The standard InChI is InChI=1S/C19H27N3O3/c1-4-7-20-10-12-22(13-11-20)18(23)16-14(3)25-15-6-9-21(8-5-2)19(24)17(15)16/h6,9H,4-5,7-8,10-13H2,1-3H3. The van der Waals surface area contributed by atoms with Crippen molar-refractivity contribution < 1.29 is 9.21 Å². The Hall–Kier alpha value is -2.08. The van der Waals surface area contributed by atoms with E-state index >= 15 is 0 Å². The zero-order valence-electron chi connectivity index (χ0n) is 15.4. The van der Waals surface area contributed by atoms with Crippen molar-refractivity contribution >= 4 is 16.9 Å². The lowest BCUT2D eigenvalue weighted by Crippen LogP contribution is -2.49. The molecule has 0 spiro atoms. The Balaban J connectivity index is 1.92. The largest absolute Gasteiger partial charge is 0.460 e. The third kappa shape index (κ3) is 3.35. The minimum atomic E-state index is -0.135. The van der Waals surface area contributed by atoms with Gasteiger partial charge in [0.15, 0.2) is 0 Å². The molecule has 1 aliphatic heterocycles. The molecule has 3 rings (SSSR count). The van der Waals surface area contributed by atoms with E-state index in [4.69, 9.17) is 4.42 Å². The first-order chi connectivity index (χ1) is 12.1. The van der Waals surface area contributed by atoms with E-state index in [0.717, 1.165) is 32.5 Å². The SMILES string of the molecule is CCCN1CCN(C(=O)c2c(C)oc3ccn(CCC)c(=O)c23)CC1. The van der Waals surface area contributed by atoms with E-state index in [1.54, 1.807) is 23.8 Å². The van der Waals surface area contributed by atoms with Crippen LogP contribution in [0, 0.1) is 6.92 Å². The van der Waals surface area contributed by atoms with Crippen molar-refractivity contribution in [2.24, 2.45) is 0 Å². The highest BCUT2D eigenvalue weighted by molar-refractivity contribution is 6.06. The van der Waals surface area contributed by atoms with Gasteiger partial charge in [-0.1, -0.05) is 13.8 Å². The molecule has 2 aromatic rings. The number of carbonyl (C=O) groups excluding carboxylic acids is 1. The second-order valence-electron chi connectivity index (χ2n) is 6.72. The number of amides is 1. The van der Waals surface area contributed by atoms with Crippen LogP contribution in [0.25, 0.3) is 11.0 Å². The quantitative estimate of drug-likeness (QED) is 0.835. The summed E-state index contributed by atoms with van der Waals surface area (Å²) in [4.78, 5) is 30.1. The number of fused-ring (bicyclic) bond motifs is 1. The van der Waals surface area contributed by atoms with Crippen molar-refractivity contribution in [1.29, 1.82) is 0 Å². The van der Waals surface area contributed by atoms with Gasteiger partial charge in [-0.15, -0.1) is 0 Å². The monoisotopic (exact) mass is 345 g/mol. The molecule has 0 bridgehead atoms. The van der Waals surface area contributed by atoms with E-state index in [0.29, 0.717) is 41.9 Å². The van der Waals surface area contributed by atoms with Gasteiger partial charge in [0.2, 0.25) is 0 Å². The second-order valence-corrected chi connectivity index (χ2v) is 6.72. The van der Waals surface area contributed by atoms with Crippen LogP contribution in [0.3, 0.4) is 0 Å². The Bertz CT molecular complexity index is 813. The second kappa shape index (κ2) is 7.44. The predicted molar refractivity (Wildman–Crippen MR) is 98.1 cm³/mol. The van der Waals surface area contributed by atoms with Gasteiger partial charge in [-0.3, -0.25) is 14.5 Å². The van der Waals surface area contributed by atoms with Crippen molar-refractivity contribution in [2.75, 3.05) is 32.7 Å². The topological polar surface area (TPSA) is 58.7 Å². The van der Waals surface area contributed by atoms with Gasteiger partial charge < -0.3 is 13.9 Å². The summed E-state index contributed by atoms with van der Waals surface area (Å²) in [5, 5.41) is 0.425. The molecule has 0 atom stereocenters. The van der Waals surface area contributed by atoms with Crippen molar-refractivity contribution in [3.05, 3.63) is 33.9 Å². The molecule has 0 saturated carbocycles. The molecule has 0 aromatic carbocycles. The van der Waals surface area contributed by atoms with Crippen LogP contribution in [0.2, 0.25) is 0 Å². The van der Waals surface area contributed by atoms with Gasteiger partial charge in [0.1, 0.15) is 11.3 Å². The molecule has 6 nitrogen and oxygen atoms in total. The first-order valence-corrected chi connectivity index (χ1v) is 9.21. The maximum absolute atomic E-state index is 13.1. The molecule has 25 heavy (non-hydrogen) atoms.